The molecular weight excluding hydrogens is 282 g/mol. The van der Waals surface area contributed by atoms with Gasteiger partial charge in [0.05, 0.1) is 17.8 Å². The molecule has 0 fully saturated rings. The van der Waals surface area contributed by atoms with Crippen molar-refractivity contribution in [3.05, 3.63) is 28.4 Å². The number of halogens is 1. The highest BCUT2D eigenvalue weighted by molar-refractivity contribution is 9.10. The van der Waals surface area contributed by atoms with Gasteiger partial charge in [-0.3, -0.25) is 5.10 Å². The van der Waals surface area contributed by atoms with Gasteiger partial charge in [-0.2, -0.15) is 5.10 Å². The van der Waals surface area contributed by atoms with Gasteiger partial charge in [0.25, 0.3) is 0 Å². The third-order valence-electron chi connectivity index (χ3n) is 2.67. The maximum Gasteiger partial charge on any atom is 0.141 e. The lowest BCUT2D eigenvalue weighted by Crippen LogP contribution is -1.94. The van der Waals surface area contributed by atoms with E-state index in [1.54, 1.807) is 13.3 Å². The SMILES string of the molecule is CCc1cc(Br)c(OC)c(-c2cn[nH]c2N)c1. The van der Waals surface area contributed by atoms with Crippen LogP contribution >= 0.6 is 15.9 Å². The molecule has 1 heterocycles. The summed E-state index contributed by atoms with van der Waals surface area (Å²) in [6.45, 7) is 2.11. The minimum absolute atomic E-state index is 0.545. The van der Waals surface area contributed by atoms with Gasteiger partial charge in [0.15, 0.2) is 0 Å². The van der Waals surface area contributed by atoms with Crippen molar-refractivity contribution in [2.45, 2.75) is 13.3 Å². The number of H-pyrrole nitrogens is 1. The van der Waals surface area contributed by atoms with E-state index in [4.69, 9.17) is 10.5 Å². The molecule has 0 unspecified atom stereocenters. The molecule has 2 rings (SSSR count). The summed E-state index contributed by atoms with van der Waals surface area (Å²) in [6, 6.07) is 4.13. The van der Waals surface area contributed by atoms with Crippen molar-refractivity contribution in [3.8, 4) is 16.9 Å². The molecule has 4 nitrogen and oxygen atoms in total. The highest BCUT2D eigenvalue weighted by Gasteiger charge is 2.14. The number of nitrogens with zero attached hydrogens (tertiary/aromatic N) is 1. The second kappa shape index (κ2) is 4.79. The summed E-state index contributed by atoms with van der Waals surface area (Å²) < 4.78 is 6.34. The van der Waals surface area contributed by atoms with Crippen LogP contribution in [0.2, 0.25) is 0 Å². The molecule has 0 aliphatic rings. The van der Waals surface area contributed by atoms with Gasteiger partial charge in [0, 0.05) is 11.1 Å². The Morgan fingerprint density at radius 3 is 2.71 bits per heavy atom. The number of hydrogen-bond acceptors (Lipinski definition) is 3. The Kier molecular flexibility index (Phi) is 3.38. The fourth-order valence-electron chi connectivity index (χ4n) is 1.77. The zero-order valence-corrected chi connectivity index (χ0v) is 11.3. The lowest BCUT2D eigenvalue weighted by atomic mass is 10.0. The molecule has 0 radical (unpaired) electrons. The number of aromatic amines is 1. The minimum Gasteiger partial charge on any atom is -0.495 e. The van der Waals surface area contributed by atoms with E-state index in [0.29, 0.717) is 5.82 Å². The van der Waals surface area contributed by atoms with Gasteiger partial charge in [-0.25, -0.2) is 0 Å². The van der Waals surface area contributed by atoms with Crippen LogP contribution in [0.25, 0.3) is 11.1 Å². The smallest absolute Gasteiger partial charge is 0.141 e. The largest absolute Gasteiger partial charge is 0.495 e. The Labute approximate surface area is 108 Å². The summed E-state index contributed by atoms with van der Waals surface area (Å²) in [7, 11) is 1.64. The van der Waals surface area contributed by atoms with Crippen LogP contribution in [0, 0.1) is 0 Å². The Hall–Kier alpha value is -1.49. The first kappa shape index (κ1) is 12.0. The average Bonchev–Trinajstić information content (AvgIpc) is 2.74. The van der Waals surface area contributed by atoms with E-state index >= 15 is 0 Å². The van der Waals surface area contributed by atoms with Crippen molar-refractivity contribution in [2.75, 3.05) is 12.8 Å². The van der Waals surface area contributed by atoms with Gasteiger partial charge in [-0.15, -0.1) is 0 Å². The summed E-state index contributed by atoms with van der Waals surface area (Å²) in [4.78, 5) is 0. The maximum absolute atomic E-state index is 5.85. The molecule has 3 N–H and O–H groups in total. The van der Waals surface area contributed by atoms with Crippen LogP contribution in [0.15, 0.2) is 22.8 Å². The first-order valence-electron chi connectivity index (χ1n) is 5.33. The minimum atomic E-state index is 0.545. The van der Waals surface area contributed by atoms with E-state index in [-0.39, 0.29) is 0 Å². The number of methoxy groups -OCH3 is 1. The van der Waals surface area contributed by atoms with E-state index in [1.807, 2.05) is 0 Å². The number of nitrogen functional groups attached to an aromatic ring is 1. The maximum atomic E-state index is 5.85. The molecule has 0 bridgehead atoms. The van der Waals surface area contributed by atoms with Crippen LogP contribution in [0.1, 0.15) is 12.5 Å². The average molecular weight is 296 g/mol. The number of hydrogen-bond donors (Lipinski definition) is 2. The van der Waals surface area contributed by atoms with Crippen LogP contribution in [-0.4, -0.2) is 17.3 Å². The molecule has 5 heteroatoms. The van der Waals surface area contributed by atoms with Crippen LogP contribution in [-0.2, 0) is 6.42 Å². The van der Waals surface area contributed by atoms with E-state index in [1.165, 1.54) is 5.56 Å². The Morgan fingerprint density at radius 1 is 1.41 bits per heavy atom. The molecule has 0 amide bonds. The lowest BCUT2D eigenvalue weighted by molar-refractivity contribution is 0.413. The van der Waals surface area contributed by atoms with E-state index in [0.717, 1.165) is 27.8 Å². The van der Waals surface area contributed by atoms with E-state index < -0.39 is 0 Å². The quantitative estimate of drug-likeness (QED) is 0.915. The molecule has 0 aliphatic carbocycles. The standard InChI is InChI=1S/C12H14BrN3O/c1-3-7-4-8(9-6-15-16-12(9)14)11(17-2)10(13)5-7/h4-6H,3H2,1-2H3,(H3,14,15,16). The van der Waals surface area contributed by atoms with Crippen molar-refractivity contribution >= 4 is 21.7 Å². The third kappa shape index (κ3) is 2.15. The topological polar surface area (TPSA) is 63.9 Å². The predicted molar refractivity (Wildman–Crippen MR) is 72.1 cm³/mol. The molecule has 17 heavy (non-hydrogen) atoms. The highest BCUT2D eigenvalue weighted by Crippen LogP contribution is 2.39. The van der Waals surface area contributed by atoms with Crippen molar-refractivity contribution in [2.24, 2.45) is 0 Å². The summed E-state index contributed by atoms with van der Waals surface area (Å²) >= 11 is 3.51. The van der Waals surface area contributed by atoms with Gasteiger partial charge in [-0.1, -0.05) is 6.92 Å². The van der Waals surface area contributed by atoms with Gasteiger partial charge in [0.2, 0.25) is 0 Å². The fraction of sp³-hybridized carbons (Fsp3) is 0.250. The summed E-state index contributed by atoms with van der Waals surface area (Å²) in [6.07, 6.45) is 2.66. The molecule has 0 saturated heterocycles. The molecule has 1 aromatic carbocycles. The molecule has 90 valence electrons. The lowest BCUT2D eigenvalue weighted by Gasteiger charge is -2.12. The van der Waals surface area contributed by atoms with Crippen molar-refractivity contribution < 1.29 is 4.74 Å². The second-order valence-corrected chi connectivity index (χ2v) is 4.56. The molecular formula is C12H14BrN3O. The van der Waals surface area contributed by atoms with Crippen LogP contribution in [0.5, 0.6) is 5.75 Å². The monoisotopic (exact) mass is 295 g/mol. The zero-order valence-electron chi connectivity index (χ0n) is 9.75. The number of aromatic nitrogens is 2. The molecule has 0 saturated carbocycles. The number of nitrogens with two attached hydrogens (primary N) is 1. The number of aryl methyl sites for hydroxylation is 1. The Morgan fingerprint density at radius 2 is 2.18 bits per heavy atom. The fourth-order valence-corrected chi connectivity index (χ4v) is 2.44. The van der Waals surface area contributed by atoms with Crippen LogP contribution < -0.4 is 10.5 Å². The van der Waals surface area contributed by atoms with E-state index in [2.05, 4.69) is 45.2 Å². The normalized spacial score (nSPS) is 10.5. The first-order chi connectivity index (χ1) is 8.17. The van der Waals surface area contributed by atoms with Gasteiger partial charge in [0.1, 0.15) is 11.6 Å². The van der Waals surface area contributed by atoms with Gasteiger partial charge >= 0.3 is 0 Å². The summed E-state index contributed by atoms with van der Waals surface area (Å²) in [5, 5.41) is 6.67. The Balaban J connectivity index is 2.66. The van der Waals surface area contributed by atoms with Crippen molar-refractivity contribution in [1.82, 2.24) is 10.2 Å². The predicted octanol–water partition coefficient (Wildman–Crippen LogP) is 2.99. The highest BCUT2D eigenvalue weighted by atomic mass is 79.9. The molecule has 1 aromatic heterocycles. The van der Waals surface area contributed by atoms with E-state index in [9.17, 15) is 0 Å². The number of nitrogens with one attached hydrogen (secondary N) is 1. The Bertz CT molecular complexity index is 537. The number of benzene rings is 1. The molecule has 0 spiro atoms. The van der Waals surface area contributed by atoms with Crippen LogP contribution in [0.3, 0.4) is 0 Å². The van der Waals surface area contributed by atoms with Gasteiger partial charge in [-0.05, 0) is 40.0 Å². The van der Waals surface area contributed by atoms with Crippen molar-refractivity contribution in [1.29, 1.82) is 0 Å². The zero-order chi connectivity index (χ0) is 12.4. The number of ether oxygens (including phenoxy) is 1. The molecule has 0 atom stereocenters. The van der Waals surface area contributed by atoms with Crippen LogP contribution in [0.4, 0.5) is 5.82 Å². The molecule has 2 aromatic rings. The van der Waals surface area contributed by atoms with Gasteiger partial charge < -0.3 is 10.5 Å². The third-order valence-corrected chi connectivity index (χ3v) is 3.26. The number of rotatable bonds is 3. The first-order valence-corrected chi connectivity index (χ1v) is 6.12. The summed E-state index contributed by atoms with van der Waals surface area (Å²) in [5.74, 6) is 1.32. The van der Waals surface area contributed by atoms with Crippen molar-refractivity contribution in [3.63, 3.8) is 0 Å². The number of anilines is 1. The summed E-state index contributed by atoms with van der Waals surface area (Å²) in [5.41, 5.74) is 8.87. The second-order valence-electron chi connectivity index (χ2n) is 3.71. The molecule has 0 aliphatic heterocycles.